The van der Waals surface area contributed by atoms with Crippen LogP contribution in [0.2, 0.25) is 5.02 Å². The quantitative estimate of drug-likeness (QED) is 0.401. The number of Topliss-reactive ketones (excluding diaryl/α,β-unsaturated/α-hetero) is 1. The minimum Gasteiger partial charge on any atom is -0.507 e. The van der Waals surface area contributed by atoms with Gasteiger partial charge in [0, 0.05) is 19.2 Å². The van der Waals surface area contributed by atoms with Crippen molar-refractivity contribution in [2.45, 2.75) is 25.0 Å². The molecule has 2 heterocycles. The summed E-state index contributed by atoms with van der Waals surface area (Å²) in [5, 5.41) is 11.5. The molecule has 0 aliphatic carbocycles. The third-order valence-corrected chi connectivity index (χ3v) is 6.10. The van der Waals surface area contributed by atoms with Gasteiger partial charge in [-0.1, -0.05) is 41.9 Å². The van der Waals surface area contributed by atoms with Crippen LogP contribution < -0.4 is 9.47 Å². The molecule has 168 valence electrons. The first-order valence-electron chi connectivity index (χ1n) is 10.3. The van der Waals surface area contributed by atoms with Gasteiger partial charge in [0.15, 0.2) is 0 Å². The third kappa shape index (κ3) is 3.94. The molecule has 7 nitrogen and oxygen atoms in total. The zero-order valence-corrected chi connectivity index (χ0v) is 18.6. The summed E-state index contributed by atoms with van der Waals surface area (Å²) in [5.41, 5.74) is 0.901. The number of halogens is 1. The van der Waals surface area contributed by atoms with Gasteiger partial charge in [-0.3, -0.25) is 9.59 Å². The number of ether oxygens (including phenoxy) is 3. The number of rotatable bonds is 6. The fraction of sp³-hybridized carbons (Fsp3) is 0.333. The average Bonchev–Trinajstić information content (AvgIpc) is 3.41. The standard InChI is InChI=1S/C24H24ClNO6/c1-30-18-12-19(31-2)17(25)11-16(18)22(27)20-21(14-7-4-3-5-8-14)26(24(29)23(20)28)13-15-9-6-10-32-15/h3-5,7-8,11-12,15,21,27H,6,9-10,13H2,1-2H3/b22-20+. The number of hydrogen-bond donors (Lipinski definition) is 1. The molecule has 2 saturated heterocycles. The Morgan fingerprint density at radius 1 is 1.16 bits per heavy atom. The van der Waals surface area contributed by atoms with Crippen molar-refractivity contribution in [3.05, 3.63) is 64.2 Å². The van der Waals surface area contributed by atoms with Crippen molar-refractivity contribution in [2.75, 3.05) is 27.4 Å². The summed E-state index contributed by atoms with van der Waals surface area (Å²) in [6.45, 7) is 0.896. The van der Waals surface area contributed by atoms with Crippen molar-refractivity contribution in [1.29, 1.82) is 0 Å². The van der Waals surface area contributed by atoms with Gasteiger partial charge in [-0.15, -0.1) is 0 Å². The maximum atomic E-state index is 13.1. The number of carbonyl (C=O) groups excluding carboxylic acids is 2. The summed E-state index contributed by atoms with van der Waals surface area (Å²) in [7, 11) is 2.90. The van der Waals surface area contributed by atoms with Gasteiger partial charge in [-0.25, -0.2) is 0 Å². The van der Waals surface area contributed by atoms with Crippen LogP contribution in [0.25, 0.3) is 5.76 Å². The molecule has 32 heavy (non-hydrogen) atoms. The number of nitrogens with zero attached hydrogens (tertiary/aromatic N) is 1. The van der Waals surface area contributed by atoms with Crippen LogP contribution in [0.15, 0.2) is 48.0 Å². The minimum atomic E-state index is -0.761. The van der Waals surface area contributed by atoms with Crippen LogP contribution in [0.1, 0.15) is 30.0 Å². The second-order valence-electron chi connectivity index (χ2n) is 7.68. The molecule has 0 radical (unpaired) electrons. The molecule has 4 rings (SSSR count). The molecule has 2 aliphatic heterocycles. The van der Waals surface area contributed by atoms with E-state index in [2.05, 4.69) is 0 Å². The molecule has 2 aliphatic rings. The van der Waals surface area contributed by atoms with E-state index in [4.69, 9.17) is 25.8 Å². The molecule has 1 N–H and O–H groups in total. The summed E-state index contributed by atoms with van der Waals surface area (Å²) in [5.74, 6) is -1.16. The Morgan fingerprint density at radius 3 is 2.50 bits per heavy atom. The Kier molecular flexibility index (Phi) is 6.39. The zero-order valence-electron chi connectivity index (χ0n) is 17.8. The van der Waals surface area contributed by atoms with Crippen molar-refractivity contribution in [1.82, 2.24) is 4.90 Å². The lowest BCUT2D eigenvalue weighted by Crippen LogP contribution is -2.36. The number of hydrogen-bond acceptors (Lipinski definition) is 6. The van der Waals surface area contributed by atoms with Gasteiger partial charge in [0.25, 0.3) is 11.7 Å². The van der Waals surface area contributed by atoms with E-state index in [-0.39, 0.29) is 40.3 Å². The molecule has 2 fully saturated rings. The van der Waals surface area contributed by atoms with Gasteiger partial charge in [-0.2, -0.15) is 0 Å². The molecular formula is C24H24ClNO6. The van der Waals surface area contributed by atoms with Crippen LogP contribution in [-0.2, 0) is 14.3 Å². The Morgan fingerprint density at radius 2 is 1.88 bits per heavy atom. The number of likely N-dealkylation sites (tertiary alicyclic amines) is 1. The van der Waals surface area contributed by atoms with Gasteiger partial charge in [-0.05, 0) is 24.5 Å². The highest BCUT2D eigenvalue weighted by molar-refractivity contribution is 6.46. The lowest BCUT2D eigenvalue weighted by molar-refractivity contribution is -0.140. The minimum absolute atomic E-state index is 0.0151. The predicted octanol–water partition coefficient (Wildman–Crippen LogP) is 3.96. The summed E-state index contributed by atoms with van der Waals surface area (Å²) >= 11 is 6.28. The van der Waals surface area contributed by atoms with E-state index in [1.54, 1.807) is 0 Å². The third-order valence-electron chi connectivity index (χ3n) is 5.81. The SMILES string of the molecule is COc1cc(OC)c(/C(O)=C2\C(=O)C(=O)N(CC3CCCO3)C2c2ccccc2)cc1Cl. The molecule has 0 bridgehead atoms. The van der Waals surface area contributed by atoms with Crippen molar-refractivity contribution in [3.63, 3.8) is 0 Å². The molecule has 0 aromatic heterocycles. The largest absolute Gasteiger partial charge is 0.507 e. The van der Waals surface area contributed by atoms with Gasteiger partial charge in [0.05, 0.1) is 42.5 Å². The van der Waals surface area contributed by atoms with Crippen LogP contribution in [0.3, 0.4) is 0 Å². The van der Waals surface area contributed by atoms with Crippen LogP contribution in [-0.4, -0.2) is 55.2 Å². The Bertz CT molecular complexity index is 1060. The maximum absolute atomic E-state index is 13.1. The van der Waals surface area contributed by atoms with E-state index in [0.29, 0.717) is 17.9 Å². The van der Waals surface area contributed by atoms with E-state index >= 15 is 0 Å². The predicted molar refractivity (Wildman–Crippen MR) is 119 cm³/mol. The van der Waals surface area contributed by atoms with E-state index in [1.807, 2.05) is 30.3 Å². The maximum Gasteiger partial charge on any atom is 0.295 e. The highest BCUT2D eigenvalue weighted by Crippen LogP contribution is 2.43. The Labute approximate surface area is 191 Å². The monoisotopic (exact) mass is 457 g/mol. The molecule has 2 aromatic carbocycles. The molecule has 1 amide bonds. The van der Waals surface area contributed by atoms with E-state index in [0.717, 1.165) is 12.8 Å². The average molecular weight is 458 g/mol. The highest BCUT2D eigenvalue weighted by Gasteiger charge is 2.47. The molecule has 2 atom stereocenters. The first kappa shape index (κ1) is 22.2. The molecule has 0 spiro atoms. The van der Waals surface area contributed by atoms with Gasteiger partial charge < -0.3 is 24.2 Å². The lowest BCUT2D eigenvalue weighted by atomic mass is 9.95. The van der Waals surface area contributed by atoms with Crippen LogP contribution in [0.4, 0.5) is 0 Å². The molecule has 0 saturated carbocycles. The number of amides is 1. The van der Waals surface area contributed by atoms with Crippen LogP contribution in [0, 0.1) is 0 Å². The number of ketones is 1. The first-order chi connectivity index (χ1) is 15.5. The lowest BCUT2D eigenvalue weighted by Gasteiger charge is -2.27. The van der Waals surface area contributed by atoms with Crippen LogP contribution in [0.5, 0.6) is 11.5 Å². The van der Waals surface area contributed by atoms with E-state index in [9.17, 15) is 14.7 Å². The number of aliphatic hydroxyl groups is 1. The second kappa shape index (κ2) is 9.22. The number of aliphatic hydroxyl groups excluding tert-OH is 1. The topological polar surface area (TPSA) is 85.3 Å². The fourth-order valence-electron chi connectivity index (χ4n) is 4.25. The van der Waals surface area contributed by atoms with E-state index in [1.165, 1.54) is 31.3 Å². The normalized spacial score (nSPS) is 22.4. The van der Waals surface area contributed by atoms with Crippen molar-refractivity contribution in [2.24, 2.45) is 0 Å². The zero-order chi connectivity index (χ0) is 22.8. The number of carbonyl (C=O) groups is 2. The Hall–Kier alpha value is -3.03. The van der Waals surface area contributed by atoms with Crippen molar-refractivity contribution < 1.29 is 28.9 Å². The number of benzene rings is 2. The van der Waals surface area contributed by atoms with Crippen molar-refractivity contribution >= 4 is 29.1 Å². The Balaban J connectivity index is 1.87. The van der Waals surface area contributed by atoms with Gasteiger partial charge in [0.1, 0.15) is 17.3 Å². The molecular weight excluding hydrogens is 434 g/mol. The molecule has 2 unspecified atom stereocenters. The highest BCUT2D eigenvalue weighted by atomic mass is 35.5. The van der Waals surface area contributed by atoms with E-state index < -0.39 is 17.7 Å². The fourth-order valence-corrected chi connectivity index (χ4v) is 4.49. The van der Waals surface area contributed by atoms with Crippen molar-refractivity contribution in [3.8, 4) is 11.5 Å². The first-order valence-corrected chi connectivity index (χ1v) is 10.7. The molecule has 2 aromatic rings. The summed E-state index contributed by atoms with van der Waals surface area (Å²) in [6, 6.07) is 11.4. The second-order valence-corrected chi connectivity index (χ2v) is 8.09. The van der Waals surface area contributed by atoms with Gasteiger partial charge in [0.2, 0.25) is 0 Å². The summed E-state index contributed by atoms with van der Waals surface area (Å²) in [6.07, 6.45) is 1.57. The number of methoxy groups -OCH3 is 2. The summed E-state index contributed by atoms with van der Waals surface area (Å²) in [4.78, 5) is 27.7. The molecule has 8 heteroatoms. The van der Waals surface area contributed by atoms with Crippen LogP contribution >= 0.6 is 11.6 Å². The summed E-state index contributed by atoms with van der Waals surface area (Å²) < 4.78 is 16.3. The smallest absolute Gasteiger partial charge is 0.295 e. The van der Waals surface area contributed by atoms with Gasteiger partial charge >= 0.3 is 0 Å².